The molecule has 1 fully saturated rings. The van der Waals surface area contributed by atoms with Crippen LogP contribution in [0.5, 0.6) is 0 Å². The van der Waals surface area contributed by atoms with Gasteiger partial charge < -0.3 is 9.67 Å². The third kappa shape index (κ3) is 3.29. The van der Waals surface area contributed by atoms with E-state index in [4.69, 9.17) is 5.11 Å². The second-order valence-electron chi connectivity index (χ2n) is 5.70. The third-order valence-corrected chi connectivity index (χ3v) is 4.31. The highest BCUT2D eigenvalue weighted by Crippen LogP contribution is 2.42. The fraction of sp³-hybridized carbons (Fsp3) is 0.769. The van der Waals surface area contributed by atoms with Crippen LogP contribution in [0.15, 0.2) is 5.16 Å². The van der Waals surface area contributed by atoms with E-state index in [1.54, 1.807) is 0 Å². The molecule has 0 amide bonds. The smallest absolute Gasteiger partial charge is 0.313 e. The minimum atomic E-state index is -0.819. The van der Waals surface area contributed by atoms with Gasteiger partial charge in [0.15, 0.2) is 5.16 Å². The summed E-state index contributed by atoms with van der Waals surface area (Å²) in [6.45, 7) is 6.51. The number of carboxylic acids is 1. The van der Waals surface area contributed by atoms with Crippen molar-refractivity contribution in [3.05, 3.63) is 5.82 Å². The van der Waals surface area contributed by atoms with Gasteiger partial charge in [0, 0.05) is 11.5 Å². The van der Waals surface area contributed by atoms with Crippen LogP contribution < -0.4 is 0 Å². The maximum absolute atomic E-state index is 10.7. The molecule has 1 aliphatic rings. The molecule has 1 heterocycles. The second-order valence-corrected chi connectivity index (χ2v) is 6.64. The highest BCUT2D eigenvalue weighted by atomic mass is 32.2. The lowest BCUT2D eigenvalue weighted by molar-refractivity contribution is -0.133. The van der Waals surface area contributed by atoms with Crippen molar-refractivity contribution in [1.82, 2.24) is 14.8 Å². The Hall–Kier alpha value is -1.04. The average Bonchev–Trinajstić information content (AvgIpc) is 3.06. The van der Waals surface area contributed by atoms with Crippen molar-refractivity contribution in [3.63, 3.8) is 0 Å². The molecule has 1 aliphatic carbocycles. The van der Waals surface area contributed by atoms with E-state index in [2.05, 4.69) is 35.5 Å². The van der Waals surface area contributed by atoms with E-state index in [0.717, 1.165) is 23.8 Å². The third-order valence-electron chi connectivity index (χ3n) is 3.39. The largest absolute Gasteiger partial charge is 0.481 e. The van der Waals surface area contributed by atoms with Gasteiger partial charge >= 0.3 is 5.97 Å². The van der Waals surface area contributed by atoms with Crippen LogP contribution >= 0.6 is 11.8 Å². The van der Waals surface area contributed by atoms with Gasteiger partial charge in [-0.1, -0.05) is 25.1 Å². The van der Waals surface area contributed by atoms with E-state index in [-0.39, 0.29) is 11.3 Å². The van der Waals surface area contributed by atoms with Gasteiger partial charge in [-0.3, -0.25) is 4.79 Å². The summed E-state index contributed by atoms with van der Waals surface area (Å²) >= 11 is 1.26. The predicted molar refractivity (Wildman–Crippen MR) is 74.6 cm³/mol. The molecule has 0 atom stereocenters. The Morgan fingerprint density at radius 2 is 2.16 bits per heavy atom. The number of aliphatic carboxylic acids is 1. The van der Waals surface area contributed by atoms with Crippen LogP contribution in [0.25, 0.3) is 0 Å². The molecule has 0 radical (unpaired) electrons. The topological polar surface area (TPSA) is 68.0 Å². The van der Waals surface area contributed by atoms with Crippen molar-refractivity contribution in [2.75, 3.05) is 5.75 Å². The van der Waals surface area contributed by atoms with Crippen molar-refractivity contribution in [3.8, 4) is 0 Å². The molecule has 1 saturated carbocycles. The standard InChI is InChI=1S/C13H21N3O2S/c1-4-7-13(2,3)16-11(9-5-6-9)14-15-12(16)19-8-10(17)18/h9H,4-8H2,1-3H3,(H,17,18). The lowest BCUT2D eigenvalue weighted by Crippen LogP contribution is -2.28. The molecular formula is C13H21N3O2S. The van der Waals surface area contributed by atoms with Gasteiger partial charge in [-0.25, -0.2) is 0 Å². The lowest BCUT2D eigenvalue weighted by atomic mass is 9.98. The maximum Gasteiger partial charge on any atom is 0.313 e. The Kier molecular flexibility index (Phi) is 4.18. The lowest BCUT2D eigenvalue weighted by Gasteiger charge is -2.29. The fourth-order valence-electron chi connectivity index (χ4n) is 2.40. The monoisotopic (exact) mass is 283 g/mol. The number of nitrogens with zero attached hydrogens (tertiary/aromatic N) is 3. The van der Waals surface area contributed by atoms with Gasteiger partial charge in [0.05, 0.1) is 5.75 Å². The molecule has 1 aromatic rings. The van der Waals surface area contributed by atoms with Gasteiger partial charge in [-0.15, -0.1) is 10.2 Å². The van der Waals surface area contributed by atoms with Crippen LogP contribution in [0.4, 0.5) is 0 Å². The summed E-state index contributed by atoms with van der Waals surface area (Å²) in [5, 5.41) is 18.1. The van der Waals surface area contributed by atoms with Crippen molar-refractivity contribution in [1.29, 1.82) is 0 Å². The van der Waals surface area contributed by atoms with Crippen LogP contribution in [-0.4, -0.2) is 31.6 Å². The zero-order valence-electron chi connectivity index (χ0n) is 11.7. The Bertz CT molecular complexity index is 466. The van der Waals surface area contributed by atoms with E-state index in [9.17, 15) is 4.79 Å². The number of aromatic nitrogens is 3. The highest BCUT2D eigenvalue weighted by molar-refractivity contribution is 7.99. The van der Waals surface area contributed by atoms with Crippen LogP contribution in [0.1, 0.15) is 58.2 Å². The molecule has 1 N–H and O–H groups in total. The first-order valence-electron chi connectivity index (χ1n) is 6.76. The second kappa shape index (κ2) is 5.53. The molecule has 6 heteroatoms. The van der Waals surface area contributed by atoms with E-state index >= 15 is 0 Å². The summed E-state index contributed by atoms with van der Waals surface area (Å²) in [6.07, 6.45) is 4.46. The van der Waals surface area contributed by atoms with Crippen molar-refractivity contribution < 1.29 is 9.90 Å². The molecule has 106 valence electrons. The van der Waals surface area contributed by atoms with Crippen molar-refractivity contribution in [2.24, 2.45) is 0 Å². The minimum absolute atomic E-state index is 0.0327. The highest BCUT2D eigenvalue weighted by Gasteiger charge is 2.35. The summed E-state index contributed by atoms with van der Waals surface area (Å²) in [6, 6.07) is 0. The van der Waals surface area contributed by atoms with E-state index in [1.165, 1.54) is 24.6 Å². The van der Waals surface area contributed by atoms with Gasteiger partial charge in [-0.05, 0) is 33.1 Å². The number of carboxylic acid groups (broad SMARTS) is 1. The Morgan fingerprint density at radius 1 is 1.47 bits per heavy atom. The number of hydrogen-bond donors (Lipinski definition) is 1. The van der Waals surface area contributed by atoms with Crippen LogP contribution in [-0.2, 0) is 10.3 Å². The average molecular weight is 283 g/mol. The van der Waals surface area contributed by atoms with Crippen LogP contribution in [0.3, 0.4) is 0 Å². The van der Waals surface area contributed by atoms with E-state index in [1.807, 2.05) is 0 Å². The molecule has 0 spiro atoms. The molecule has 0 bridgehead atoms. The summed E-state index contributed by atoms with van der Waals surface area (Å²) in [4.78, 5) is 10.7. The molecule has 19 heavy (non-hydrogen) atoms. The van der Waals surface area contributed by atoms with Gasteiger partial charge in [0.1, 0.15) is 5.82 Å². The molecule has 0 unspecified atom stereocenters. The van der Waals surface area contributed by atoms with Gasteiger partial charge in [0.2, 0.25) is 0 Å². The Balaban J connectivity index is 2.30. The normalized spacial score (nSPS) is 15.7. The quantitative estimate of drug-likeness (QED) is 0.779. The summed E-state index contributed by atoms with van der Waals surface area (Å²) in [7, 11) is 0. The molecular weight excluding hydrogens is 262 g/mol. The number of hydrogen-bond acceptors (Lipinski definition) is 4. The van der Waals surface area contributed by atoms with Crippen LogP contribution in [0, 0.1) is 0 Å². The first-order valence-corrected chi connectivity index (χ1v) is 7.74. The SMILES string of the molecule is CCCC(C)(C)n1c(SCC(=O)O)nnc1C1CC1. The van der Waals surface area contributed by atoms with Crippen molar-refractivity contribution >= 4 is 17.7 Å². The first-order chi connectivity index (χ1) is 8.95. The summed E-state index contributed by atoms with van der Waals surface area (Å²) in [5.74, 6) is 0.764. The maximum atomic E-state index is 10.7. The molecule has 0 aromatic carbocycles. The van der Waals surface area contributed by atoms with Crippen molar-refractivity contribution in [2.45, 2.75) is 63.1 Å². The molecule has 0 saturated heterocycles. The fourth-order valence-corrected chi connectivity index (χ4v) is 3.22. The first kappa shape index (κ1) is 14.4. The van der Waals surface area contributed by atoms with Gasteiger partial charge in [-0.2, -0.15) is 0 Å². The number of carbonyl (C=O) groups is 1. The minimum Gasteiger partial charge on any atom is -0.481 e. The molecule has 2 rings (SSSR count). The zero-order valence-corrected chi connectivity index (χ0v) is 12.5. The Labute approximate surface area is 117 Å². The number of thioether (sulfide) groups is 1. The van der Waals surface area contributed by atoms with Gasteiger partial charge in [0.25, 0.3) is 0 Å². The van der Waals surface area contributed by atoms with Crippen LogP contribution in [0.2, 0.25) is 0 Å². The summed E-state index contributed by atoms with van der Waals surface area (Å²) in [5.41, 5.74) is -0.0585. The van der Waals surface area contributed by atoms with E-state index in [0.29, 0.717) is 5.92 Å². The van der Waals surface area contributed by atoms with E-state index < -0.39 is 5.97 Å². The molecule has 1 aromatic heterocycles. The Morgan fingerprint density at radius 3 is 2.68 bits per heavy atom. The zero-order chi connectivity index (χ0) is 14.0. The molecule has 0 aliphatic heterocycles. The number of rotatable bonds is 7. The molecule has 5 nitrogen and oxygen atoms in total. The predicted octanol–water partition coefficient (Wildman–Crippen LogP) is 2.87. The summed E-state index contributed by atoms with van der Waals surface area (Å²) < 4.78 is 2.17.